The van der Waals surface area contributed by atoms with E-state index >= 15 is 0 Å². The Morgan fingerprint density at radius 3 is 2.13 bits per heavy atom. The number of hydrogen-bond donors (Lipinski definition) is 0. The fourth-order valence-corrected chi connectivity index (χ4v) is 4.75. The van der Waals surface area contributed by atoms with Crippen LogP contribution in [0, 0.1) is 23.0 Å². The minimum atomic E-state index is -1.05. The van der Waals surface area contributed by atoms with Crippen LogP contribution in [0.2, 0.25) is 0 Å². The largest absolute Gasteiger partial charge is 0.293 e. The molecule has 0 atom stereocenters. The van der Waals surface area contributed by atoms with Crippen molar-refractivity contribution >= 4 is 5.78 Å². The molecule has 2 aromatic carbocycles. The van der Waals surface area contributed by atoms with Crippen molar-refractivity contribution in [3.63, 3.8) is 0 Å². The van der Waals surface area contributed by atoms with E-state index in [0.717, 1.165) is 5.92 Å². The van der Waals surface area contributed by atoms with Crippen molar-refractivity contribution in [3.05, 3.63) is 59.2 Å². The molecule has 1 aliphatic carbocycles. The Morgan fingerprint density at radius 2 is 1.55 bits per heavy atom. The van der Waals surface area contributed by atoms with E-state index in [4.69, 9.17) is 0 Å². The van der Waals surface area contributed by atoms with Crippen molar-refractivity contribution in [2.45, 2.75) is 85.0 Å². The first-order valence-electron chi connectivity index (χ1n) is 11.9. The number of carbonyl (C=O) groups is 1. The van der Waals surface area contributed by atoms with Crippen LogP contribution in [0.3, 0.4) is 0 Å². The van der Waals surface area contributed by atoms with Gasteiger partial charge >= 0.3 is 0 Å². The molecule has 0 unspecified atom stereocenters. The molecule has 0 saturated heterocycles. The van der Waals surface area contributed by atoms with Gasteiger partial charge in [0.2, 0.25) is 0 Å². The van der Waals surface area contributed by atoms with Crippen LogP contribution in [0.1, 0.15) is 101 Å². The molecular weight excluding hydrogens is 390 g/mol. The van der Waals surface area contributed by atoms with E-state index in [9.17, 15) is 13.6 Å². The van der Waals surface area contributed by atoms with Gasteiger partial charge in [-0.2, -0.15) is 0 Å². The molecule has 0 spiro atoms. The minimum Gasteiger partial charge on any atom is -0.293 e. The van der Waals surface area contributed by atoms with Gasteiger partial charge < -0.3 is 0 Å². The Balaban J connectivity index is 1.70. The first-order valence-corrected chi connectivity index (χ1v) is 11.9. The number of Topliss-reactive ketones (excluding diaryl/α,β-unsaturated/α-hetero) is 1. The Morgan fingerprint density at radius 1 is 0.903 bits per heavy atom. The summed E-state index contributed by atoms with van der Waals surface area (Å²) in [5.74, 6) is -0.965. The fraction of sp³-hybridized carbons (Fsp3) is 0.536. The van der Waals surface area contributed by atoms with Crippen molar-refractivity contribution in [2.75, 3.05) is 0 Å². The maximum Gasteiger partial charge on any atom is 0.171 e. The van der Waals surface area contributed by atoms with Gasteiger partial charge in [-0.05, 0) is 54.7 Å². The molecule has 1 saturated carbocycles. The molecule has 168 valence electrons. The molecule has 1 nitrogen and oxygen atoms in total. The minimum absolute atomic E-state index is 0.180. The molecule has 0 amide bonds. The molecule has 0 aliphatic heterocycles. The van der Waals surface area contributed by atoms with E-state index in [-0.39, 0.29) is 11.1 Å². The number of unbranched alkanes of at least 4 members (excludes halogenated alkanes) is 2. The van der Waals surface area contributed by atoms with Crippen LogP contribution in [0.4, 0.5) is 8.78 Å². The lowest BCUT2D eigenvalue weighted by Gasteiger charge is -2.29. The predicted molar refractivity (Wildman–Crippen MR) is 124 cm³/mol. The van der Waals surface area contributed by atoms with Crippen LogP contribution in [-0.2, 0) is 0 Å². The van der Waals surface area contributed by atoms with Crippen LogP contribution >= 0.6 is 0 Å². The van der Waals surface area contributed by atoms with Gasteiger partial charge in [-0.15, -0.1) is 0 Å². The van der Waals surface area contributed by atoms with Crippen LogP contribution in [0.15, 0.2) is 36.4 Å². The molecule has 0 N–H and O–H groups in total. The number of hydrogen-bond acceptors (Lipinski definition) is 1. The lowest BCUT2D eigenvalue weighted by atomic mass is 9.77. The van der Waals surface area contributed by atoms with Gasteiger partial charge in [-0.3, -0.25) is 4.79 Å². The first-order chi connectivity index (χ1) is 14.7. The highest BCUT2D eigenvalue weighted by atomic mass is 19.2. The fourth-order valence-electron chi connectivity index (χ4n) is 4.75. The van der Waals surface area contributed by atoms with Crippen molar-refractivity contribution < 1.29 is 13.6 Å². The summed E-state index contributed by atoms with van der Waals surface area (Å²) >= 11 is 0. The molecule has 2 aromatic rings. The summed E-state index contributed by atoms with van der Waals surface area (Å²) in [5.41, 5.74) is 1.19. The van der Waals surface area contributed by atoms with Crippen LogP contribution < -0.4 is 0 Å². The third kappa shape index (κ3) is 5.61. The van der Waals surface area contributed by atoms with Gasteiger partial charge in [0, 0.05) is 11.0 Å². The summed E-state index contributed by atoms with van der Waals surface area (Å²) in [7, 11) is 0. The van der Waals surface area contributed by atoms with Gasteiger partial charge in [0.1, 0.15) is 0 Å². The summed E-state index contributed by atoms with van der Waals surface area (Å²) in [4.78, 5) is 12.4. The maximum atomic E-state index is 14.8. The third-order valence-electron chi connectivity index (χ3n) is 6.76. The second kappa shape index (κ2) is 10.1. The molecule has 0 radical (unpaired) electrons. The maximum absolute atomic E-state index is 14.8. The van der Waals surface area contributed by atoms with E-state index in [2.05, 4.69) is 19.1 Å². The Hall–Kier alpha value is -2.03. The zero-order valence-electron chi connectivity index (χ0n) is 19.4. The number of carbonyl (C=O) groups excluding carboxylic acids is 1. The Kier molecular flexibility index (Phi) is 7.67. The summed E-state index contributed by atoms with van der Waals surface area (Å²) in [6.45, 7) is 7.37. The lowest BCUT2D eigenvalue weighted by Crippen LogP contribution is -2.22. The second-order valence-electron chi connectivity index (χ2n) is 10.2. The SMILES string of the molecule is CCCCCC1CCC(c2ccc(-c3ccc(C(=O)C(C)(C)C)c(F)c3F)cc2)CC1. The zero-order chi connectivity index (χ0) is 22.6. The molecule has 0 aromatic heterocycles. The number of rotatable bonds is 7. The zero-order valence-corrected chi connectivity index (χ0v) is 19.4. The predicted octanol–water partition coefficient (Wildman–Crippen LogP) is 8.71. The summed E-state index contributed by atoms with van der Waals surface area (Å²) in [6.07, 6.45) is 10.3. The van der Waals surface area contributed by atoms with Crippen LogP contribution in [0.5, 0.6) is 0 Å². The highest BCUT2D eigenvalue weighted by Crippen LogP contribution is 2.38. The standard InChI is InChI=1S/C28H36F2O/c1-5-6-7-8-19-9-11-20(12-10-19)21-13-15-22(16-14-21)23-17-18-24(26(30)25(23)29)27(31)28(2,3)4/h13-20H,5-12H2,1-4H3. The smallest absolute Gasteiger partial charge is 0.171 e. The monoisotopic (exact) mass is 426 g/mol. The topological polar surface area (TPSA) is 17.1 Å². The van der Waals surface area contributed by atoms with Gasteiger partial charge in [-0.1, -0.05) is 83.7 Å². The highest BCUT2D eigenvalue weighted by Gasteiger charge is 2.28. The van der Waals surface area contributed by atoms with Gasteiger partial charge in [-0.25, -0.2) is 8.78 Å². The molecule has 31 heavy (non-hydrogen) atoms. The van der Waals surface area contributed by atoms with Gasteiger partial charge in [0.25, 0.3) is 0 Å². The molecule has 0 bridgehead atoms. The highest BCUT2D eigenvalue weighted by molar-refractivity contribution is 6.00. The summed E-state index contributed by atoms with van der Waals surface area (Å²) in [5, 5.41) is 0. The van der Waals surface area contributed by atoms with Crippen LogP contribution in [-0.4, -0.2) is 5.78 Å². The van der Waals surface area contributed by atoms with E-state index < -0.39 is 22.8 Å². The number of halogens is 2. The average Bonchev–Trinajstić information content (AvgIpc) is 2.75. The van der Waals surface area contributed by atoms with Crippen LogP contribution in [0.25, 0.3) is 11.1 Å². The number of benzene rings is 2. The Labute approximate surface area is 186 Å². The normalized spacial score (nSPS) is 19.4. The van der Waals surface area contributed by atoms with Gasteiger partial charge in [0.15, 0.2) is 17.4 Å². The Bertz CT molecular complexity index is 884. The third-order valence-corrected chi connectivity index (χ3v) is 6.76. The van der Waals surface area contributed by atoms with Crippen molar-refractivity contribution in [1.29, 1.82) is 0 Å². The lowest BCUT2D eigenvalue weighted by molar-refractivity contribution is 0.0853. The van der Waals surface area contributed by atoms with Gasteiger partial charge in [0.05, 0.1) is 5.56 Å². The van der Waals surface area contributed by atoms with E-state index in [1.165, 1.54) is 69.1 Å². The van der Waals surface area contributed by atoms with Crippen molar-refractivity contribution in [3.8, 4) is 11.1 Å². The average molecular weight is 427 g/mol. The summed E-state index contributed by atoms with van der Waals surface area (Å²) < 4.78 is 29.4. The number of ketones is 1. The van der Waals surface area contributed by atoms with E-state index in [0.29, 0.717) is 11.5 Å². The molecule has 0 heterocycles. The molecular formula is C28H36F2O. The van der Waals surface area contributed by atoms with Crippen molar-refractivity contribution in [1.82, 2.24) is 0 Å². The summed E-state index contributed by atoms with van der Waals surface area (Å²) in [6, 6.07) is 10.8. The van der Waals surface area contributed by atoms with E-state index in [1.54, 1.807) is 20.8 Å². The first kappa shape index (κ1) is 23.6. The van der Waals surface area contributed by atoms with E-state index in [1.807, 2.05) is 12.1 Å². The molecule has 1 aliphatic rings. The molecule has 3 rings (SSSR count). The molecule has 1 fully saturated rings. The second-order valence-corrected chi connectivity index (χ2v) is 10.2. The quantitative estimate of drug-likeness (QED) is 0.319. The van der Waals surface area contributed by atoms with Crippen molar-refractivity contribution in [2.24, 2.45) is 11.3 Å². The molecule has 3 heteroatoms.